The highest BCUT2D eigenvalue weighted by Crippen LogP contribution is 2.47. The fourth-order valence-electron chi connectivity index (χ4n) is 4.31. The molecule has 0 fully saturated rings. The van der Waals surface area contributed by atoms with Gasteiger partial charge in [0.2, 0.25) is 5.91 Å². The van der Waals surface area contributed by atoms with Crippen molar-refractivity contribution >= 4 is 46.1 Å². The number of hydrogen-bond donors (Lipinski definition) is 1. The van der Waals surface area contributed by atoms with Gasteiger partial charge in [0.15, 0.2) is 5.17 Å². The molecule has 0 saturated carbocycles. The van der Waals surface area contributed by atoms with E-state index in [-0.39, 0.29) is 25.5 Å². The van der Waals surface area contributed by atoms with Gasteiger partial charge < -0.3 is 19.4 Å². The fraction of sp³-hybridized carbons (Fsp3) is 0.179. The van der Waals surface area contributed by atoms with Crippen molar-refractivity contribution in [1.29, 1.82) is 0 Å². The average Bonchev–Trinajstić information content (AvgIpc) is 3.57. The Bertz CT molecular complexity index is 1400. The molecule has 0 spiro atoms. The second-order valence-corrected chi connectivity index (χ2v) is 9.60. The van der Waals surface area contributed by atoms with Gasteiger partial charge in [0, 0.05) is 16.3 Å². The summed E-state index contributed by atoms with van der Waals surface area (Å²) in [7, 11) is 0. The summed E-state index contributed by atoms with van der Waals surface area (Å²) in [6.45, 7) is 2.28. The Balaban J connectivity index is 1.55. The molecule has 2 aromatic carbocycles. The summed E-state index contributed by atoms with van der Waals surface area (Å²) >= 11 is 7.80. The molecule has 37 heavy (non-hydrogen) atoms. The number of rotatable bonds is 8. The van der Waals surface area contributed by atoms with Crippen molar-refractivity contribution in [3.8, 4) is 0 Å². The average molecular weight is 534 g/mol. The van der Waals surface area contributed by atoms with E-state index in [2.05, 4.69) is 5.32 Å². The van der Waals surface area contributed by atoms with E-state index in [0.717, 1.165) is 16.8 Å². The van der Waals surface area contributed by atoms with Gasteiger partial charge >= 0.3 is 5.97 Å². The molecule has 3 heterocycles. The molecule has 9 heteroatoms. The summed E-state index contributed by atoms with van der Waals surface area (Å²) in [5.41, 5.74) is 3.25. The van der Waals surface area contributed by atoms with Crippen LogP contribution < -0.4 is 5.32 Å². The molecule has 2 aliphatic rings. The van der Waals surface area contributed by atoms with Crippen LogP contribution >= 0.6 is 23.4 Å². The summed E-state index contributed by atoms with van der Waals surface area (Å²) in [4.78, 5) is 33.2. The number of thioether (sulfide) groups is 1. The Kier molecular flexibility index (Phi) is 7.48. The number of carbonyl (C=O) groups excluding carboxylic acids is 2. The number of aliphatic imine (C=N–C) groups is 1. The van der Waals surface area contributed by atoms with Crippen LogP contribution in [0.1, 0.15) is 36.3 Å². The normalized spacial score (nSPS) is 16.7. The first-order chi connectivity index (χ1) is 18.0. The molecule has 0 radical (unpaired) electrons. The molecule has 2 aliphatic heterocycles. The minimum atomic E-state index is -0.584. The number of furan rings is 1. The van der Waals surface area contributed by atoms with Crippen molar-refractivity contribution in [1.82, 2.24) is 10.2 Å². The second-order valence-electron chi connectivity index (χ2n) is 8.33. The number of halogens is 1. The quantitative estimate of drug-likeness (QED) is 0.362. The Morgan fingerprint density at radius 2 is 1.97 bits per heavy atom. The predicted molar refractivity (Wildman–Crippen MR) is 144 cm³/mol. The van der Waals surface area contributed by atoms with Gasteiger partial charge in [-0.1, -0.05) is 65.8 Å². The van der Waals surface area contributed by atoms with Crippen molar-refractivity contribution in [2.45, 2.75) is 25.9 Å². The van der Waals surface area contributed by atoms with Gasteiger partial charge in [-0.15, -0.1) is 0 Å². The van der Waals surface area contributed by atoms with Crippen molar-refractivity contribution in [2.24, 2.45) is 4.99 Å². The molecule has 7 nitrogen and oxygen atoms in total. The van der Waals surface area contributed by atoms with Gasteiger partial charge in [0.25, 0.3) is 0 Å². The lowest BCUT2D eigenvalue weighted by Crippen LogP contribution is -2.38. The first-order valence-corrected chi connectivity index (χ1v) is 13.1. The predicted octanol–water partition coefficient (Wildman–Crippen LogP) is 5.91. The van der Waals surface area contributed by atoms with E-state index < -0.39 is 12.0 Å². The van der Waals surface area contributed by atoms with Crippen molar-refractivity contribution in [2.75, 3.05) is 6.61 Å². The number of esters is 1. The van der Waals surface area contributed by atoms with Crippen LogP contribution in [0.3, 0.4) is 0 Å². The SMILES string of the molecule is CCOC(=O)C1=C(c2ccccc2)N=C2SC=C(CC(=O)NCc3ccco3)N2C1c1cccc(Cl)c1. The maximum Gasteiger partial charge on any atom is 0.338 e. The van der Waals surface area contributed by atoms with Gasteiger partial charge in [0.05, 0.1) is 43.1 Å². The number of benzene rings is 2. The van der Waals surface area contributed by atoms with E-state index in [1.807, 2.05) is 58.8 Å². The molecule has 188 valence electrons. The van der Waals surface area contributed by atoms with Crippen molar-refractivity contribution < 1.29 is 18.7 Å². The van der Waals surface area contributed by atoms with Crippen molar-refractivity contribution in [3.63, 3.8) is 0 Å². The van der Waals surface area contributed by atoms with Crippen LogP contribution in [0.5, 0.6) is 0 Å². The molecule has 3 aromatic rings. The monoisotopic (exact) mass is 533 g/mol. The molecule has 1 unspecified atom stereocenters. The molecule has 0 bridgehead atoms. The smallest absolute Gasteiger partial charge is 0.338 e. The maximum atomic E-state index is 13.5. The third-order valence-corrected chi connectivity index (χ3v) is 7.02. The van der Waals surface area contributed by atoms with E-state index in [1.54, 1.807) is 31.4 Å². The summed E-state index contributed by atoms with van der Waals surface area (Å²) in [5, 5.41) is 6.00. The third-order valence-electron chi connectivity index (χ3n) is 5.90. The van der Waals surface area contributed by atoms with Gasteiger partial charge in [-0.3, -0.25) is 4.79 Å². The molecule has 5 rings (SSSR count). The summed E-state index contributed by atoms with van der Waals surface area (Å²) < 4.78 is 10.8. The molecule has 0 aliphatic carbocycles. The highest BCUT2D eigenvalue weighted by Gasteiger charge is 2.42. The van der Waals surface area contributed by atoms with Crippen LogP contribution in [0.25, 0.3) is 5.70 Å². The van der Waals surface area contributed by atoms with Crippen molar-refractivity contribution in [3.05, 3.63) is 112 Å². The van der Waals surface area contributed by atoms with Crippen LogP contribution in [0.4, 0.5) is 0 Å². The first kappa shape index (κ1) is 24.9. The maximum absolute atomic E-state index is 13.5. The third kappa shape index (κ3) is 5.35. The van der Waals surface area contributed by atoms with E-state index in [0.29, 0.717) is 27.2 Å². The van der Waals surface area contributed by atoms with Crippen LogP contribution in [0.15, 0.2) is 99.1 Å². The summed E-state index contributed by atoms with van der Waals surface area (Å²) in [6.07, 6.45) is 1.66. The zero-order valence-electron chi connectivity index (χ0n) is 20.0. The Morgan fingerprint density at radius 1 is 1.14 bits per heavy atom. The molecule has 0 saturated heterocycles. The molecular weight excluding hydrogens is 510 g/mol. The number of fused-ring (bicyclic) bond motifs is 1. The van der Waals surface area contributed by atoms with Gasteiger partial charge in [-0.2, -0.15) is 0 Å². The molecule has 1 aromatic heterocycles. The highest BCUT2D eigenvalue weighted by molar-refractivity contribution is 8.16. The fourth-order valence-corrected chi connectivity index (χ4v) is 5.42. The topological polar surface area (TPSA) is 84.1 Å². The lowest BCUT2D eigenvalue weighted by molar-refractivity contribution is -0.139. The number of ether oxygens (including phenoxy) is 1. The van der Waals surface area contributed by atoms with Crippen LogP contribution in [0.2, 0.25) is 5.02 Å². The van der Waals surface area contributed by atoms with E-state index in [9.17, 15) is 9.59 Å². The van der Waals surface area contributed by atoms with Crippen LogP contribution in [0, 0.1) is 0 Å². The number of carbonyl (C=O) groups is 2. The largest absolute Gasteiger partial charge is 0.467 e. The number of nitrogens with one attached hydrogen (secondary N) is 1. The van der Waals surface area contributed by atoms with E-state index in [4.69, 9.17) is 25.7 Å². The minimum Gasteiger partial charge on any atom is -0.467 e. The first-order valence-electron chi connectivity index (χ1n) is 11.8. The minimum absolute atomic E-state index is 0.0978. The van der Waals surface area contributed by atoms with Crippen LogP contribution in [-0.4, -0.2) is 28.6 Å². The molecular formula is C28H24ClN3O4S. The summed E-state index contributed by atoms with van der Waals surface area (Å²) in [6, 6.07) is 19.9. The van der Waals surface area contributed by atoms with E-state index >= 15 is 0 Å². The highest BCUT2D eigenvalue weighted by atomic mass is 35.5. The number of hydrogen-bond acceptors (Lipinski definition) is 7. The van der Waals surface area contributed by atoms with Crippen LogP contribution in [-0.2, 0) is 20.9 Å². The Labute approximate surface area is 223 Å². The van der Waals surface area contributed by atoms with Gasteiger partial charge in [-0.05, 0) is 42.2 Å². The Hall–Kier alpha value is -3.75. The second kappa shape index (κ2) is 11.1. The summed E-state index contributed by atoms with van der Waals surface area (Å²) in [5.74, 6) is 0.0257. The number of nitrogens with zero attached hydrogens (tertiary/aromatic N) is 2. The molecule has 1 atom stereocenters. The number of amides is 1. The molecule has 1 amide bonds. The lowest BCUT2D eigenvalue weighted by Gasteiger charge is -2.36. The zero-order valence-corrected chi connectivity index (χ0v) is 21.6. The zero-order chi connectivity index (χ0) is 25.8. The lowest BCUT2D eigenvalue weighted by atomic mass is 9.91. The van der Waals surface area contributed by atoms with Gasteiger partial charge in [-0.25, -0.2) is 9.79 Å². The number of amidine groups is 1. The van der Waals surface area contributed by atoms with Gasteiger partial charge in [0.1, 0.15) is 5.76 Å². The standard InChI is InChI=1S/C28H24ClN3O4S/c1-2-35-27(34)24-25(18-8-4-3-5-9-18)31-28-32(26(24)19-10-6-11-20(29)14-19)21(17-37-28)15-23(33)30-16-22-12-7-13-36-22/h3-14,17,26H,2,15-16H2,1H3,(H,30,33). The molecule has 1 N–H and O–H groups in total. The van der Waals surface area contributed by atoms with E-state index in [1.165, 1.54) is 11.8 Å². The Morgan fingerprint density at radius 3 is 2.70 bits per heavy atom.